The summed E-state index contributed by atoms with van der Waals surface area (Å²) in [4.78, 5) is 0. The Kier molecular flexibility index (Phi) is 3.34. The van der Waals surface area contributed by atoms with Crippen molar-refractivity contribution in [2.45, 2.75) is 6.92 Å². The summed E-state index contributed by atoms with van der Waals surface area (Å²) in [7, 11) is -1.90. The molecular formula is C5H13O2P. The quantitative estimate of drug-likeness (QED) is 0.551. The summed E-state index contributed by atoms with van der Waals surface area (Å²) >= 11 is 0. The van der Waals surface area contributed by atoms with Gasteiger partial charge in [-0.15, -0.1) is 0 Å². The normalized spacial score (nSPS) is 11.9. The molecule has 0 unspecified atom stereocenters. The summed E-state index contributed by atoms with van der Waals surface area (Å²) in [6, 6.07) is 0. The Morgan fingerprint density at radius 1 is 1.50 bits per heavy atom. The van der Waals surface area contributed by atoms with Crippen LogP contribution in [0.25, 0.3) is 0 Å². The summed E-state index contributed by atoms with van der Waals surface area (Å²) in [5, 5.41) is 0. The summed E-state index contributed by atoms with van der Waals surface area (Å²) in [6.07, 6.45) is 0.420. The molecule has 0 saturated heterocycles. The molecule has 50 valence electrons. The Labute approximate surface area is 50.6 Å². The van der Waals surface area contributed by atoms with Gasteiger partial charge < -0.3 is 9.30 Å². The van der Waals surface area contributed by atoms with Gasteiger partial charge in [-0.3, -0.25) is 0 Å². The lowest BCUT2D eigenvalue weighted by Gasteiger charge is -2.03. The van der Waals surface area contributed by atoms with Crippen molar-refractivity contribution < 1.29 is 9.30 Å². The highest BCUT2D eigenvalue weighted by atomic mass is 31.2. The maximum atomic E-state index is 10.8. The molecule has 2 nitrogen and oxygen atoms in total. The lowest BCUT2D eigenvalue weighted by atomic mass is 10.9. The molecule has 8 heavy (non-hydrogen) atoms. The molecule has 0 bridgehead atoms. The third kappa shape index (κ3) is 6.19. The molecule has 0 amide bonds. The van der Waals surface area contributed by atoms with Crippen LogP contribution in [-0.2, 0) is 9.30 Å². The standard InChI is InChI=1S/C5H13O2P/c1-4-7-5-8(2,3)6/h4-5H2,1-3H3. The summed E-state index contributed by atoms with van der Waals surface area (Å²) in [5.74, 6) is 0. The molecule has 0 radical (unpaired) electrons. The van der Waals surface area contributed by atoms with E-state index >= 15 is 0 Å². The Morgan fingerprint density at radius 3 is 2.12 bits per heavy atom. The maximum Gasteiger partial charge on any atom is 0.106 e. The third-order valence-corrected chi connectivity index (χ3v) is 1.41. The van der Waals surface area contributed by atoms with E-state index in [9.17, 15) is 4.57 Å². The van der Waals surface area contributed by atoms with Gasteiger partial charge >= 0.3 is 0 Å². The van der Waals surface area contributed by atoms with E-state index in [1.807, 2.05) is 6.92 Å². The van der Waals surface area contributed by atoms with Crippen LogP contribution < -0.4 is 0 Å². The van der Waals surface area contributed by atoms with Crippen molar-refractivity contribution in [2.75, 3.05) is 26.3 Å². The topological polar surface area (TPSA) is 26.3 Å². The van der Waals surface area contributed by atoms with Crippen molar-refractivity contribution in [1.29, 1.82) is 0 Å². The van der Waals surface area contributed by atoms with Gasteiger partial charge in [0, 0.05) is 6.61 Å². The van der Waals surface area contributed by atoms with E-state index in [-0.39, 0.29) is 0 Å². The average molecular weight is 136 g/mol. The predicted molar refractivity (Wildman–Crippen MR) is 35.9 cm³/mol. The molecule has 0 aliphatic heterocycles. The van der Waals surface area contributed by atoms with Gasteiger partial charge in [0.05, 0.1) is 6.35 Å². The van der Waals surface area contributed by atoms with Gasteiger partial charge in [0.15, 0.2) is 0 Å². The fourth-order valence-corrected chi connectivity index (χ4v) is 0.933. The van der Waals surface area contributed by atoms with E-state index in [1.165, 1.54) is 0 Å². The zero-order chi connectivity index (χ0) is 6.62. The summed E-state index contributed by atoms with van der Waals surface area (Å²) < 4.78 is 15.8. The minimum atomic E-state index is -1.90. The molecule has 0 saturated carbocycles. The van der Waals surface area contributed by atoms with Crippen LogP contribution in [-0.4, -0.2) is 26.3 Å². The summed E-state index contributed by atoms with van der Waals surface area (Å²) in [6.45, 7) is 6.01. The monoisotopic (exact) mass is 136 g/mol. The zero-order valence-electron chi connectivity index (χ0n) is 5.68. The maximum absolute atomic E-state index is 10.8. The van der Waals surface area contributed by atoms with Crippen LogP contribution in [0, 0.1) is 0 Å². The molecule has 0 spiro atoms. The van der Waals surface area contributed by atoms with Gasteiger partial charge in [-0.1, -0.05) is 0 Å². The molecule has 0 fully saturated rings. The highest BCUT2D eigenvalue weighted by Crippen LogP contribution is 2.34. The Hall–Kier alpha value is 0.190. The zero-order valence-corrected chi connectivity index (χ0v) is 6.57. The molecule has 0 N–H and O–H groups in total. The van der Waals surface area contributed by atoms with Gasteiger partial charge in [-0.25, -0.2) is 0 Å². The fourth-order valence-electron chi connectivity index (χ4n) is 0.311. The van der Waals surface area contributed by atoms with Crippen molar-refractivity contribution in [2.24, 2.45) is 0 Å². The van der Waals surface area contributed by atoms with Crippen molar-refractivity contribution in [1.82, 2.24) is 0 Å². The van der Waals surface area contributed by atoms with E-state index in [0.717, 1.165) is 0 Å². The smallest absolute Gasteiger partial charge is 0.106 e. The first kappa shape index (κ1) is 8.19. The molecule has 0 atom stereocenters. The van der Waals surface area contributed by atoms with Crippen LogP contribution in [0.2, 0.25) is 0 Å². The molecule has 0 aromatic heterocycles. The van der Waals surface area contributed by atoms with Gasteiger partial charge in [0.25, 0.3) is 0 Å². The third-order valence-electron chi connectivity index (χ3n) is 0.606. The lowest BCUT2D eigenvalue weighted by Crippen LogP contribution is -1.92. The van der Waals surface area contributed by atoms with Crippen LogP contribution in [0.15, 0.2) is 0 Å². The van der Waals surface area contributed by atoms with Gasteiger partial charge in [0.2, 0.25) is 0 Å². The summed E-state index contributed by atoms with van der Waals surface area (Å²) in [5.41, 5.74) is 0. The van der Waals surface area contributed by atoms with Gasteiger partial charge in [-0.05, 0) is 20.3 Å². The fraction of sp³-hybridized carbons (Fsp3) is 1.00. The van der Waals surface area contributed by atoms with Gasteiger partial charge in [0.1, 0.15) is 7.14 Å². The number of hydrogen-bond acceptors (Lipinski definition) is 2. The predicted octanol–water partition coefficient (Wildman–Crippen LogP) is 1.60. The van der Waals surface area contributed by atoms with Crippen LogP contribution in [0.1, 0.15) is 6.92 Å². The van der Waals surface area contributed by atoms with Crippen molar-refractivity contribution in [3.8, 4) is 0 Å². The molecule has 0 rings (SSSR count). The van der Waals surface area contributed by atoms with E-state index in [4.69, 9.17) is 4.74 Å². The molecule has 0 aromatic rings. The first-order valence-electron chi connectivity index (χ1n) is 2.68. The molecule has 0 aromatic carbocycles. The molecule has 0 aliphatic rings. The second-order valence-corrected chi connectivity index (χ2v) is 5.60. The lowest BCUT2D eigenvalue weighted by molar-refractivity contribution is 0.192. The molecular weight excluding hydrogens is 123 g/mol. The first-order chi connectivity index (χ1) is 3.56. The van der Waals surface area contributed by atoms with Crippen LogP contribution in [0.3, 0.4) is 0 Å². The second-order valence-electron chi connectivity index (χ2n) is 2.20. The van der Waals surface area contributed by atoms with E-state index < -0.39 is 7.14 Å². The van der Waals surface area contributed by atoms with E-state index in [1.54, 1.807) is 13.3 Å². The highest BCUT2D eigenvalue weighted by molar-refractivity contribution is 7.62. The van der Waals surface area contributed by atoms with Crippen LogP contribution in [0.4, 0.5) is 0 Å². The number of rotatable bonds is 3. The Balaban J connectivity index is 3.26. The van der Waals surface area contributed by atoms with Crippen molar-refractivity contribution in [3.63, 3.8) is 0 Å². The largest absolute Gasteiger partial charge is 0.374 e. The van der Waals surface area contributed by atoms with Crippen LogP contribution >= 0.6 is 7.14 Å². The molecule has 0 heterocycles. The Morgan fingerprint density at radius 2 is 2.00 bits per heavy atom. The van der Waals surface area contributed by atoms with E-state index in [2.05, 4.69) is 0 Å². The number of hydrogen-bond donors (Lipinski definition) is 0. The van der Waals surface area contributed by atoms with E-state index in [0.29, 0.717) is 13.0 Å². The van der Waals surface area contributed by atoms with Crippen LogP contribution in [0.5, 0.6) is 0 Å². The average Bonchev–Trinajstić information content (AvgIpc) is 1.59. The highest BCUT2D eigenvalue weighted by Gasteiger charge is 2.04. The second kappa shape index (κ2) is 3.26. The minimum Gasteiger partial charge on any atom is -0.374 e. The first-order valence-corrected chi connectivity index (χ1v) is 5.46. The van der Waals surface area contributed by atoms with Crippen molar-refractivity contribution >= 4 is 7.14 Å². The van der Waals surface area contributed by atoms with Crippen molar-refractivity contribution in [3.05, 3.63) is 0 Å². The molecule has 3 heteroatoms. The van der Waals surface area contributed by atoms with Gasteiger partial charge in [-0.2, -0.15) is 0 Å². The Bertz CT molecular complexity index is 94.6. The number of ether oxygens (including phenoxy) is 1. The molecule has 0 aliphatic carbocycles. The SMILES string of the molecule is CCOCP(C)(C)=O. The minimum absolute atomic E-state index is 0.420.